The summed E-state index contributed by atoms with van der Waals surface area (Å²) in [6, 6.07) is 1.40. The first-order valence-electron chi connectivity index (χ1n) is 11.8. The van der Waals surface area contributed by atoms with Gasteiger partial charge in [0.1, 0.15) is 11.5 Å². The van der Waals surface area contributed by atoms with Crippen LogP contribution in [0.4, 0.5) is 0 Å². The van der Waals surface area contributed by atoms with Crippen LogP contribution in [0.15, 0.2) is 17.1 Å². The van der Waals surface area contributed by atoms with Gasteiger partial charge in [0.05, 0.1) is 23.8 Å². The number of nitrogens with zero attached hydrogens (tertiary/aromatic N) is 4. The van der Waals surface area contributed by atoms with Crippen molar-refractivity contribution in [2.75, 3.05) is 13.1 Å². The van der Waals surface area contributed by atoms with Crippen molar-refractivity contribution in [3.63, 3.8) is 0 Å². The smallest absolute Gasteiger partial charge is 0.272 e. The number of carbonyl (C=O) groups is 2. The maximum atomic E-state index is 13.0. The average Bonchev–Trinajstić information content (AvgIpc) is 3.51. The topological polar surface area (TPSA) is 115 Å². The van der Waals surface area contributed by atoms with Gasteiger partial charge < -0.3 is 14.8 Å². The second kappa shape index (κ2) is 8.88. The first-order chi connectivity index (χ1) is 15.6. The Morgan fingerprint density at radius 2 is 1.94 bits per heavy atom. The fraction of sp³-hybridized carbons (Fsp3) is 0.609. The van der Waals surface area contributed by atoms with E-state index >= 15 is 0 Å². The number of nitrogens with one attached hydrogen (secondary N) is 2. The summed E-state index contributed by atoms with van der Waals surface area (Å²) < 4.78 is 0. The molecule has 32 heavy (non-hydrogen) atoms. The van der Waals surface area contributed by atoms with Crippen LogP contribution >= 0.6 is 0 Å². The number of likely N-dealkylation sites (tertiary alicyclic amines) is 1. The predicted molar refractivity (Wildman–Crippen MR) is 117 cm³/mol. The van der Waals surface area contributed by atoms with Crippen LogP contribution in [0, 0.1) is 5.92 Å². The van der Waals surface area contributed by atoms with Gasteiger partial charge in [0, 0.05) is 32.1 Å². The zero-order chi connectivity index (χ0) is 22.1. The molecule has 0 spiro atoms. The molecule has 3 aliphatic rings. The van der Waals surface area contributed by atoms with Crippen molar-refractivity contribution in [3.8, 4) is 0 Å². The molecule has 0 radical (unpaired) electrons. The third-order valence-electron chi connectivity index (χ3n) is 7.19. The number of carbonyl (C=O) groups excluding carboxylic acids is 2. The molecule has 1 atom stereocenters. The van der Waals surface area contributed by atoms with Gasteiger partial charge in [-0.25, -0.2) is 4.98 Å². The van der Waals surface area contributed by atoms with Crippen molar-refractivity contribution in [1.82, 2.24) is 30.0 Å². The Bertz CT molecular complexity index is 1040. The molecule has 9 nitrogen and oxygen atoms in total. The SMILES string of the molecule is O=C(CC1CCCCC1)N1CCc2nc([C@@H]3CCCN3C(=O)c3ccn[nH]3)[nH]c(=O)c2C1. The first kappa shape index (κ1) is 20.9. The molecule has 2 amide bonds. The number of hydrogen-bond acceptors (Lipinski definition) is 5. The van der Waals surface area contributed by atoms with E-state index in [1.807, 2.05) is 4.90 Å². The summed E-state index contributed by atoms with van der Waals surface area (Å²) in [5.41, 5.74) is 1.58. The summed E-state index contributed by atoms with van der Waals surface area (Å²) in [7, 11) is 0. The number of rotatable bonds is 4. The highest BCUT2D eigenvalue weighted by Crippen LogP contribution is 2.32. The van der Waals surface area contributed by atoms with Crippen LogP contribution in [0.1, 0.15) is 85.0 Å². The fourth-order valence-corrected chi connectivity index (χ4v) is 5.41. The van der Waals surface area contributed by atoms with E-state index in [1.165, 1.54) is 19.3 Å². The minimum absolute atomic E-state index is 0.134. The zero-order valence-corrected chi connectivity index (χ0v) is 18.3. The average molecular weight is 439 g/mol. The van der Waals surface area contributed by atoms with Crippen molar-refractivity contribution >= 4 is 11.8 Å². The minimum atomic E-state index is -0.255. The molecule has 1 saturated carbocycles. The van der Waals surface area contributed by atoms with E-state index in [0.717, 1.165) is 31.4 Å². The summed E-state index contributed by atoms with van der Waals surface area (Å²) >= 11 is 0. The lowest BCUT2D eigenvalue weighted by molar-refractivity contribution is -0.133. The fourth-order valence-electron chi connectivity index (χ4n) is 5.41. The van der Waals surface area contributed by atoms with Crippen molar-refractivity contribution in [2.45, 2.75) is 70.4 Å². The maximum Gasteiger partial charge on any atom is 0.272 e. The molecule has 1 saturated heterocycles. The largest absolute Gasteiger partial charge is 0.338 e. The Morgan fingerprint density at radius 3 is 2.72 bits per heavy atom. The summed E-state index contributed by atoms with van der Waals surface area (Å²) in [4.78, 5) is 49.9. The second-order valence-corrected chi connectivity index (χ2v) is 9.28. The Kier molecular flexibility index (Phi) is 5.80. The first-order valence-corrected chi connectivity index (χ1v) is 11.8. The lowest BCUT2D eigenvalue weighted by Gasteiger charge is -2.31. The molecule has 1 aliphatic carbocycles. The van der Waals surface area contributed by atoms with Gasteiger partial charge in [-0.1, -0.05) is 19.3 Å². The maximum absolute atomic E-state index is 13.0. The van der Waals surface area contributed by atoms with E-state index in [2.05, 4.69) is 15.2 Å². The Morgan fingerprint density at radius 1 is 1.09 bits per heavy atom. The molecule has 170 valence electrons. The van der Waals surface area contributed by atoms with Gasteiger partial charge in [-0.05, 0) is 37.7 Å². The molecule has 0 unspecified atom stereocenters. The highest BCUT2D eigenvalue weighted by molar-refractivity contribution is 5.92. The molecule has 4 heterocycles. The third kappa shape index (κ3) is 4.08. The summed E-state index contributed by atoms with van der Waals surface area (Å²) in [5.74, 6) is 1.04. The molecule has 2 aliphatic heterocycles. The van der Waals surface area contributed by atoms with Gasteiger partial charge in [-0.2, -0.15) is 5.10 Å². The number of hydrogen-bond donors (Lipinski definition) is 2. The molecule has 2 aromatic rings. The molecule has 2 N–H and O–H groups in total. The number of aromatic nitrogens is 4. The van der Waals surface area contributed by atoms with Gasteiger partial charge in [0.15, 0.2) is 0 Å². The standard InChI is InChI=1S/C23H30N6O3/c30-20(13-15-5-2-1-3-6-15)28-12-9-17-16(14-28)22(31)26-21(25-17)19-7-4-11-29(19)23(32)18-8-10-24-27-18/h8,10,15,19H,1-7,9,11-14H2,(H,24,27)(H,25,26,31)/t19-/m0/s1. The van der Waals surface area contributed by atoms with Gasteiger partial charge >= 0.3 is 0 Å². The monoisotopic (exact) mass is 438 g/mol. The molecule has 0 bridgehead atoms. The van der Waals surface area contributed by atoms with Gasteiger partial charge in [0.25, 0.3) is 11.5 Å². The zero-order valence-electron chi connectivity index (χ0n) is 18.3. The Balaban J connectivity index is 1.31. The highest BCUT2D eigenvalue weighted by Gasteiger charge is 2.34. The van der Waals surface area contributed by atoms with Crippen molar-refractivity contribution in [3.05, 3.63) is 45.4 Å². The summed E-state index contributed by atoms with van der Waals surface area (Å²) in [6.07, 6.45) is 10.3. The van der Waals surface area contributed by atoms with E-state index in [9.17, 15) is 14.4 Å². The summed E-state index contributed by atoms with van der Waals surface area (Å²) in [6.45, 7) is 1.54. The molecule has 9 heteroatoms. The van der Waals surface area contributed by atoms with Crippen LogP contribution < -0.4 is 5.56 Å². The number of fused-ring (bicyclic) bond motifs is 1. The molecule has 2 fully saturated rings. The van der Waals surface area contributed by atoms with E-state index in [4.69, 9.17) is 4.98 Å². The Labute approximate surface area is 186 Å². The van der Waals surface area contributed by atoms with Gasteiger partial charge in [0.2, 0.25) is 5.91 Å². The van der Waals surface area contributed by atoms with Crippen LogP contribution in [0.2, 0.25) is 0 Å². The Hall–Kier alpha value is -2.97. The quantitative estimate of drug-likeness (QED) is 0.760. The van der Waals surface area contributed by atoms with Gasteiger partial charge in [-0.3, -0.25) is 19.5 Å². The van der Waals surface area contributed by atoms with Gasteiger partial charge in [-0.15, -0.1) is 0 Å². The van der Waals surface area contributed by atoms with Crippen LogP contribution in [0.5, 0.6) is 0 Å². The van der Waals surface area contributed by atoms with E-state index in [0.29, 0.717) is 55.5 Å². The predicted octanol–water partition coefficient (Wildman–Crippen LogP) is 2.33. The van der Waals surface area contributed by atoms with Crippen LogP contribution in [-0.4, -0.2) is 54.9 Å². The van der Waals surface area contributed by atoms with Crippen LogP contribution in [0.3, 0.4) is 0 Å². The normalized spacial score (nSPS) is 21.6. The lowest BCUT2D eigenvalue weighted by atomic mass is 9.86. The van der Waals surface area contributed by atoms with E-state index < -0.39 is 0 Å². The third-order valence-corrected chi connectivity index (χ3v) is 7.19. The van der Waals surface area contributed by atoms with Crippen molar-refractivity contribution in [2.24, 2.45) is 5.92 Å². The molecule has 0 aromatic carbocycles. The molecule has 2 aromatic heterocycles. The summed E-state index contributed by atoms with van der Waals surface area (Å²) in [5, 5.41) is 6.58. The van der Waals surface area contributed by atoms with E-state index in [1.54, 1.807) is 17.2 Å². The molecule has 5 rings (SSSR count). The lowest BCUT2D eigenvalue weighted by Crippen LogP contribution is -2.41. The molecular weight excluding hydrogens is 408 g/mol. The number of amides is 2. The second-order valence-electron chi connectivity index (χ2n) is 9.28. The number of aromatic amines is 2. The van der Waals surface area contributed by atoms with Crippen molar-refractivity contribution < 1.29 is 9.59 Å². The number of H-pyrrole nitrogens is 2. The van der Waals surface area contributed by atoms with Crippen LogP contribution in [-0.2, 0) is 17.8 Å². The van der Waals surface area contributed by atoms with Crippen molar-refractivity contribution in [1.29, 1.82) is 0 Å². The van der Waals surface area contributed by atoms with Crippen LogP contribution in [0.25, 0.3) is 0 Å². The molecular formula is C23H30N6O3. The van der Waals surface area contributed by atoms with E-state index in [-0.39, 0.29) is 23.4 Å². The highest BCUT2D eigenvalue weighted by atomic mass is 16.2. The minimum Gasteiger partial charge on any atom is -0.338 e.